The average molecular weight is 267 g/mol. The van der Waals surface area contributed by atoms with Crippen molar-refractivity contribution in [3.63, 3.8) is 0 Å². The van der Waals surface area contributed by atoms with Crippen LogP contribution in [0, 0.1) is 11.8 Å². The van der Waals surface area contributed by atoms with Crippen LogP contribution in [-0.2, 0) is 9.59 Å². The van der Waals surface area contributed by atoms with Crippen molar-refractivity contribution in [3.05, 3.63) is 0 Å². The van der Waals surface area contributed by atoms with Gasteiger partial charge in [0.15, 0.2) is 0 Å². The second-order valence-electron chi connectivity index (χ2n) is 5.97. The van der Waals surface area contributed by atoms with Crippen LogP contribution in [-0.4, -0.2) is 41.9 Å². The molecule has 1 saturated carbocycles. The van der Waals surface area contributed by atoms with Gasteiger partial charge in [0.05, 0.1) is 0 Å². The molecule has 0 aromatic heterocycles. The van der Waals surface area contributed by atoms with E-state index in [0.717, 1.165) is 25.7 Å². The summed E-state index contributed by atoms with van der Waals surface area (Å²) in [6, 6.07) is -0.114. The number of rotatable bonds is 2. The van der Waals surface area contributed by atoms with Crippen molar-refractivity contribution in [1.29, 1.82) is 0 Å². The van der Waals surface area contributed by atoms with Crippen LogP contribution in [0.4, 0.5) is 0 Å². The Labute approximate surface area is 114 Å². The van der Waals surface area contributed by atoms with E-state index in [1.807, 2.05) is 6.92 Å². The molecule has 0 aromatic carbocycles. The van der Waals surface area contributed by atoms with Crippen LogP contribution in [0.2, 0.25) is 0 Å². The summed E-state index contributed by atoms with van der Waals surface area (Å²) in [6.07, 6.45) is 4.19. The van der Waals surface area contributed by atoms with E-state index in [-0.39, 0.29) is 29.8 Å². The molecule has 5 heteroatoms. The third-order valence-electron chi connectivity index (χ3n) is 4.63. The first-order chi connectivity index (χ1) is 9.00. The van der Waals surface area contributed by atoms with Crippen molar-refractivity contribution in [2.75, 3.05) is 13.1 Å². The number of nitrogens with two attached hydrogens (primary N) is 1. The zero-order chi connectivity index (χ0) is 14.0. The first-order valence-corrected chi connectivity index (χ1v) is 7.34. The number of carbonyl (C=O) groups excluding carboxylic acids is 2. The molecule has 4 atom stereocenters. The molecular weight excluding hydrogens is 242 g/mol. The Balaban J connectivity index is 1.99. The molecule has 2 aliphatic rings. The quantitative estimate of drug-likeness (QED) is 0.764. The second kappa shape index (κ2) is 5.90. The van der Waals surface area contributed by atoms with Crippen molar-refractivity contribution in [2.24, 2.45) is 17.6 Å². The lowest BCUT2D eigenvalue weighted by molar-refractivity contribution is -0.146. The van der Waals surface area contributed by atoms with Crippen LogP contribution in [0.3, 0.4) is 0 Å². The molecule has 19 heavy (non-hydrogen) atoms. The fourth-order valence-electron chi connectivity index (χ4n) is 3.27. The fraction of sp³-hybridized carbons (Fsp3) is 0.857. The van der Waals surface area contributed by atoms with E-state index >= 15 is 0 Å². The monoisotopic (exact) mass is 267 g/mol. The number of nitrogens with zero attached hydrogens (tertiary/aromatic N) is 1. The summed E-state index contributed by atoms with van der Waals surface area (Å²) in [5, 5.41) is 2.79. The highest BCUT2D eigenvalue weighted by molar-refractivity contribution is 5.89. The van der Waals surface area contributed by atoms with Crippen molar-refractivity contribution in [2.45, 2.75) is 51.6 Å². The normalized spacial score (nSPS) is 33.7. The highest BCUT2D eigenvalue weighted by atomic mass is 16.2. The lowest BCUT2D eigenvalue weighted by Crippen LogP contribution is -2.57. The maximum absolute atomic E-state index is 12.6. The Morgan fingerprint density at radius 1 is 1.47 bits per heavy atom. The lowest BCUT2D eigenvalue weighted by atomic mass is 9.78. The second-order valence-corrected chi connectivity index (χ2v) is 5.97. The van der Waals surface area contributed by atoms with Crippen LogP contribution in [0.15, 0.2) is 0 Å². The summed E-state index contributed by atoms with van der Waals surface area (Å²) in [4.78, 5) is 25.9. The first kappa shape index (κ1) is 14.3. The number of amides is 2. The molecule has 2 rings (SSSR count). The molecular formula is C14H25N3O2. The molecule has 0 aromatic rings. The maximum Gasteiger partial charge on any atom is 0.242 e. The standard InChI is InChI=1S/C14H25N3O2/c1-9(11-4-3-5-12(15)8-11)14(19)17-7-6-16-13(18)10(17)2/h9-12H,3-8,15H2,1-2H3,(H,16,18). The van der Waals surface area contributed by atoms with Crippen molar-refractivity contribution >= 4 is 11.8 Å². The molecule has 2 fully saturated rings. The van der Waals surface area contributed by atoms with E-state index in [1.165, 1.54) is 0 Å². The minimum Gasteiger partial charge on any atom is -0.353 e. The molecule has 0 radical (unpaired) electrons. The fourth-order valence-corrected chi connectivity index (χ4v) is 3.27. The third-order valence-corrected chi connectivity index (χ3v) is 4.63. The molecule has 108 valence electrons. The minimum absolute atomic E-state index is 0.0281. The maximum atomic E-state index is 12.6. The molecule has 0 spiro atoms. The minimum atomic E-state index is -0.346. The highest BCUT2D eigenvalue weighted by Crippen LogP contribution is 2.31. The van der Waals surface area contributed by atoms with Crippen LogP contribution < -0.4 is 11.1 Å². The van der Waals surface area contributed by atoms with Gasteiger partial charge in [-0.2, -0.15) is 0 Å². The molecule has 1 heterocycles. The molecule has 4 unspecified atom stereocenters. The first-order valence-electron chi connectivity index (χ1n) is 7.34. The Morgan fingerprint density at radius 3 is 2.89 bits per heavy atom. The van der Waals surface area contributed by atoms with Gasteiger partial charge in [-0.15, -0.1) is 0 Å². The summed E-state index contributed by atoms with van der Waals surface area (Å²) < 4.78 is 0. The average Bonchev–Trinajstić information content (AvgIpc) is 2.40. The van der Waals surface area contributed by atoms with Gasteiger partial charge in [0.25, 0.3) is 0 Å². The summed E-state index contributed by atoms with van der Waals surface area (Å²) >= 11 is 0. The van der Waals surface area contributed by atoms with Gasteiger partial charge < -0.3 is 16.0 Å². The van der Waals surface area contributed by atoms with Gasteiger partial charge in [0.1, 0.15) is 6.04 Å². The van der Waals surface area contributed by atoms with Crippen molar-refractivity contribution < 1.29 is 9.59 Å². The van der Waals surface area contributed by atoms with E-state index in [2.05, 4.69) is 5.32 Å². The Bertz CT molecular complexity index is 359. The van der Waals surface area contributed by atoms with Crippen LogP contribution in [0.1, 0.15) is 39.5 Å². The number of nitrogens with one attached hydrogen (secondary N) is 1. The number of hydrogen-bond acceptors (Lipinski definition) is 3. The summed E-state index contributed by atoms with van der Waals surface area (Å²) in [6.45, 7) is 4.97. The SMILES string of the molecule is CC(C(=O)N1CCNC(=O)C1C)C1CCCC(N)C1. The van der Waals surface area contributed by atoms with E-state index in [4.69, 9.17) is 5.73 Å². The topological polar surface area (TPSA) is 75.4 Å². The van der Waals surface area contributed by atoms with E-state index in [9.17, 15) is 9.59 Å². The van der Waals surface area contributed by atoms with Gasteiger partial charge in [0.2, 0.25) is 11.8 Å². The van der Waals surface area contributed by atoms with Crippen LogP contribution >= 0.6 is 0 Å². The van der Waals surface area contributed by atoms with Gasteiger partial charge in [0, 0.05) is 25.0 Å². The predicted octanol–water partition coefficient (Wildman–Crippen LogP) is 0.487. The Morgan fingerprint density at radius 2 is 2.21 bits per heavy atom. The third kappa shape index (κ3) is 3.08. The molecule has 2 amide bonds. The van der Waals surface area contributed by atoms with Gasteiger partial charge in [-0.3, -0.25) is 9.59 Å². The molecule has 1 saturated heterocycles. The van der Waals surface area contributed by atoms with Gasteiger partial charge >= 0.3 is 0 Å². The van der Waals surface area contributed by atoms with Crippen molar-refractivity contribution in [3.8, 4) is 0 Å². The Hall–Kier alpha value is -1.10. The highest BCUT2D eigenvalue weighted by Gasteiger charge is 2.35. The smallest absolute Gasteiger partial charge is 0.242 e. The largest absolute Gasteiger partial charge is 0.353 e. The van der Waals surface area contributed by atoms with Crippen LogP contribution in [0.25, 0.3) is 0 Å². The van der Waals surface area contributed by atoms with Gasteiger partial charge in [-0.1, -0.05) is 13.3 Å². The number of carbonyl (C=O) groups is 2. The van der Waals surface area contributed by atoms with Crippen molar-refractivity contribution in [1.82, 2.24) is 10.2 Å². The van der Waals surface area contributed by atoms with Gasteiger partial charge in [-0.05, 0) is 32.1 Å². The zero-order valence-corrected chi connectivity index (χ0v) is 11.9. The molecule has 0 bridgehead atoms. The molecule has 1 aliphatic carbocycles. The van der Waals surface area contributed by atoms with Gasteiger partial charge in [-0.25, -0.2) is 0 Å². The molecule has 3 N–H and O–H groups in total. The summed E-state index contributed by atoms with van der Waals surface area (Å²) in [5.74, 6) is 0.404. The predicted molar refractivity (Wildman–Crippen MR) is 73.3 cm³/mol. The number of piperazine rings is 1. The summed E-state index contributed by atoms with van der Waals surface area (Å²) in [7, 11) is 0. The van der Waals surface area contributed by atoms with E-state index in [0.29, 0.717) is 19.0 Å². The molecule has 5 nitrogen and oxygen atoms in total. The molecule has 1 aliphatic heterocycles. The Kier molecular flexibility index (Phi) is 4.45. The number of hydrogen-bond donors (Lipinski definition) is 2. The van der Waals surface area contributed by atoms with E-state index in [1.54, 1.807) is 11.8 Å². The lowest BCUT2D eigenvalue weighted by Gasteiger charge is -2.38. The zero-order valence-electron chi connectivity index (χ0n) is 11.9. The van der Waals surface area contributed by atoms with Crippen LogP contribution in [0.5, 0.6) is 0 Å². The van der Waals surface area contributed by atoms with E-state index < -0.39 is 0 Å². The summed E-state index contributed by atoms with van der Waals surface area (Å²) in [5.41, 5.74) is 6.00.